The number of halogens is 3. The number of methoxy groups -OCH3 is 1. The van der Waals surface area contributed by atoms with E-state index in [4.69, 9.17) is 15.2 Å². The molecule has 2 aromatic carbocycles. The molecule has 1 saturated heterocycles. The fourth-order valence-corrected chi connectivity index (χ4v) is 5.12. The van der Waals surface area contributed by atoms with Crippen molar-refractivity contribution >= 4 is 11.5 Å². The van der Waals surface area contributed by atoms with Gasteiger partial charge in [-0.15, -0.1) is 0 Å². The van der Waals surface area contributed by atoms with Crippen molar-refractivity contribution in [2.24, 2.45) is 5.41 Å². The maximum absolute atomic E-state index is 14.1. The standard InChI is InChI=1S/C28H29F3N4O2/c1-36-22-4-2-3-21(15-22)18-5-7-20(8-6-18)25(28(29,30)31)37-24-16-23(34-26(32)35-24)19-9-11-27(12-10-19)13-14-33-17-27/h2-9,15-16,25,33H,10-14,17H2,1H3,(H2,32,34,35)/t25-,27?/m1/s1. The molecule has 2 aliphatic rings. The van der Waals surface area contributed by atoms with E-state index in [2.05, 4.69) is 21.4 Å². The molecule has 1 spiro atoms. The van der Waals surface area contributed by atoms with Crippen molar-refractivity contribution in [3.8, 4) is 22.8 Å². The first-order chi connectivity index (χ1) is 17.7. The van der Waals surface area contributed by atoms with Crippen LogP contribution in [0.4, 0.5) is 19.1 Å². The van der Waals surface area contributed by atoms with E-state index >= 15 is 0 Å². The molecule has 1 fully saturated rings. The van der Waals surface area contributed by atoms with Gasteiger partial charge in [-0.05, 0) is 66.5 Å². The number of hydrogen-bond acceptors (Lipinski definition) is 6. The van der Waals surface area contributed by atoms with Crippen molar-refractivity contribution in [2.75, 3.05) is 25.9 Å². The van der Waals surface area contributed by atoms with Gasteiger partial charge in [0.2, 0.25) is 17.9 Å². The van der Waals surface area contributed by atoms with Crippen LogP contribution in [0.1, 0.15) is 43.0 Å². The van der Waals surface area contributed by atoms with Gasteiger partial charge in [-0.1, -0.05) is 42.5 Å². The topological polar surface area (TPSA) is 82.3 Å². The summed E-state index contributed by atoms with van der Waals surface area (Å²) in [6.07, 6.45) is -0.935. The zero-order valence-corrected chi connectivity index (χ0v) is 20.5. The molecule has 194 valence electrons. The summed E-state index contributed by atoms with van der Waals surface area (Å²) >= 11 is 0. The molecular weight excluding hydrogens is 481 g/mol. The summed E-state index contributed by atoms with van der Waals surface area (Å²) in [5.41, 5.74) is 9.18. The van der Waals surface area contributed by atoms with Crippen molar-refractivity contribution in [3.63, 3.8) is 0 Å². The third-order valence-corrected chi connectivity index (χ3v) is 7.24. The van der Waals surface area contributed by atoms with Crippen LogP contribution in [0.15, 0.2) is 60.7 Å². The number of hydrogen-bond donors (Lipinski definition) is 2. The van der Waals surface area contributed by atoms with Gasteiger partial charge in [-0.2, -0.15) is 18.2 Å². The van der Waals surface area contributed by atoms with Crippen LogP contribution in [0.2, 0.25) is 0 Å². The summed E-state index contributed by atoms with van der Waals surface area (Å²) in [6.45, 7) is 2.00. The van der Waals surface area contributed by atoms with Crippen molar-refractivity contribution < 1.29 is 22.6 Å². The molecule has 2 atom stereocenters. The monoisotopic (exact) mass is 510 g/mol. The number of benzene rings is 2. The Labute approximate surface area is 213 Å². The first-order valence-corrected chi connectivity index (χ1v) is 12.3. The van der Waals surface area contributed by atoms with Crippen molar-refractivity contribution in [1.29, 1.82) is 0 Å². The second kappa shape index (κ2) is 10.0. The maximum atomic E-state index is 14.1. The van der Waals surface area contributed by atoms with Gasteiger partial charge in [0.1, 0.15) is 5.75 Å². The first kappa shape index (κ1) is 25.1. The van der Waals surface area contributed by atoms with Gasteiger partial charge in [-0.3, -0.25) is 0 Å². The molecule has 0 amide bonds. The van der Waals surface area contributed by atoms with Gasteiger partial charge in [0, 0.05) is 18.2 Å². The maximum Gasteiger partial charge on any atom is 0.429 e. The second-order valence-corrected chi connectivity index (χ2v) is 9.70. The van der Waals surface area contributed by atoms with Crippen LogP contribution in [0.3, 0.4) is 0 Å². The molecule has 0 saturated carbocycles. The number of allylic oxidation sites excluding steroid dienone is 2. The molecule has 3 N–H and O–H groups in total. The lowest BCUT2D eigenvalue weighted by atomic mass is 9.74. The third-order valence-electron chi connectivity index (χ3n) is 7.24. The lowest BCUT2D eigenvalue weighted by Crippen LogP contribution is -2.27. The number of nitrogens with one attached hydrogen (secondary N) is 1. The average Bonchev–Trinajstić information content (AvgIpc) is 3.34. The summed E-state index contributed by atoms with van der Waals surface area (Å²) < 4.78 is 53.0. The quantitative estimate of drug-likeness (QED) is 0.426. The number of rotatable bonds is 6. The van der Waals surface area contributed by atoms with Gasteiger partial charge >= 0.3 is 6.18 Å². The van der Waals surface area contributed by atoms with Gasteiger partial charge in [0.15, 0.2) is 0 Å². The molecule has 5 rings (SSSR count). The molecule has 6 nitrogen and oxygen atoms in total. The molecule has 9 heteroatoms. The Morgan fingerprint density at radius 2 is 1.84 bits per heavy atom. The predicted molar refractivity (Wildman–Crippen MR) is 136 cm³/mol. The number of aromatic nitrogens is 2. The Balaban J connectivity index is 1.38. The molecule has 0 bridgehead atoms. The number of nitrogen functional groups attached to an aromatic ring is 1. The van der Waals surface area contributed by atoms with Crippen LogP contribution in [-0.4, -0.2) is 36.3 Å². The van der Waals surface area contributed by atoms with Crippen LogP contribution in [0.25, 0.3) is 16.7 Å². The third kappa shape index (κ3) is 5.56. The minimum Gasteiger partial charge on any atom is -0.497 e. The van der Waals surface area contributed by atoms with Gasteiger partial charge in [-0.25, -0.2) is 4.98 Å². The highest BCUT2D eigenvalue weighted by Crippen LogP contribution is 2.43. The highest BCUT2D eigenvalue weighted by Gasteiger charge is 2.43. The molecular formula is C28H29F3N4O2. The smallest absolute Gasteiger partial charge is 0.429 e. The van der Waals surface area contributed by atoms with Crippen molar-refractivity contribution in [1.82, 2.24) is 15.3 Å². The molecule has 1 aliphatic carbocycles. The normalized spacial score (nSPS) is 20.5. The van der Waals surface area contributed by atoms with E-state index in [9.17, 15) is 13.2 Å². The lowest BCUT2D eigenvalue weighted by Gasteiger charge is -2.31. The van der Waals surface area contributed by atoms with Crippen LogP contribution in [0.5, 0.6) is 11.6 Å². The van der Waals surface area contributed by atoms with Crippen LogP contribution in [-0.2, 0) is 0 Å². The van der Waals surface area contributed by atoms with Crippen LogP contribution in [0, 0.1) is 5.41 Å². The highest BCUT2D eigenvalue weighted by atomic mass is 19.4. The Morgan fingerprint density at radius 3 is 2.49 bits per heavy atom. The Kier molecular flexibility index (Phi) is 6.81. The molecule has 37 heavy (non-hydrogen) atoms. The van der Waals surface area contributed by atoms with Gasteiger partial charge < -0.3 is 20.5 Å². The Hall–Kier alpha value is -3.59. The zero-order chi connectivity index (χ0) is 26.0. The fourth-order valence-electron chi connectivity index (χ4n) is 5.12. The molecule has 2 heterocycles. The molecule has 1 aliphatic heterocycles. The number of nitrogens with two attached hydrogens (primary N) is 1. The average molecular weight is 511 g/mol. The largest absolute Gasteiger partial charge is 0.497 e. The number of anilines is 1. The number of nitrogens with zero attached hydrogens (tertiary/aromatic N) is 2. The Bertz CT molecular complexity index is 1290. The highest BCUT2D eigenvalue weighted by molar-refractivity contribution is 5.66. The van der Waals surface area contributed by atoms with E-state index in [1.807, 2.05) is 18.2 Å². The minimum absolute atomic E-state index is 0.0366. The summed E-state index contributed by atoms with van der Waals surface area (Å²) in [6, 6.07) is 14.9. The van der Waals surface area contributed by atoms with E-state index in [1.54, 1.807) is 25.3 Å². The summed E-state index contributed by atoms with van der Waals surface area (Å²) in [4.78, 5) is 8.24. The number of ether oxygens (including phenoxy) is 2. The van der Waals surface area contributed by atoms with Crippen molar-refractivity contribution in [3.05, 3.63) is 71.9 Å². The predicted octanol–water partition coefficient (Wildman–Crippen LogP) is 5.96. The molecule has 1 aromatic heterocycles. The van der Waals surface area contributed by atoms with E-state index in [0.717, 1.165) is 55.5 Å². The van der Waals surface area contributed by atoms with Gasteiger partial charge in [0.05, 0.1) is 12.8 Å². The lowest BCUT2D eigenvalue weighted by molar-refractivity contribution is -0.198. The fraction of sp³-hybridized carbons (Fsp3) is 0.357. The first-order valence-electron chi connectivity index (χ1n) is 12.3. The van der Waals surface area contributed by atoms with E-state index < -0.39 is 12.3 Å². The SMILES string of the molecule is COc1cccc(-c2ccc([C@@H](Oc3cc(C4=CCC5(CCNC5)CC4)nc(N)n3)C(F)(F)F)cc2)c1. The van der Waals surface area contributed by atoms with Crippen LogP contribution < -0.4 is 20.5 Å². The molecule has 0 radical (unpaired) electrons. The zero-order valence-electron chi connectivity index (χ0n) is 20.5. The van der Waals surface area contributed by atoms with Crippen molar-refractivity contribution in [2.45, 2.75) is 38.0 Å². The van der Waals surface area contributed by atoms with E-state index in [1.165, 1.54) is 18.2 Å². The van der Waals surface area contributed by atoms with Crippen LogP contribution >= 0.6 is 0 Å². The second-order valence-electron chi connectivity index (χ2n) is 9.70. The summed E-state index contributed by atoms with van der Waals surface area (Å²) in [5.74, 6) is 0.342. The molecule has 1 unspecified atom stereocenters. The summed E-state index contributed by atoms with van der Waals surface area (Å²) in [7, 11) is 1.56. The van der Waals surface area contributed by atoms with E-state index in [-0.39, 0.29) is 22.8 Å². The minimum atomic E-state index is -4.66. The van der Waals surface area contributed by atoms with E-state index in [0.29, 0.717) is 11.4 Å². The summed E-state index contributed by atoms with van der Waals surface area (Å²) in [5, 5.41) is 3.42. The molecule has 3 aromatic rings. The Morgan fingerprint density at radius 1 is 1.03 bits per heavy atom. The van der Waals surface area contributed by atoms with Gasteiger partial charge in [0.25, 0.3) is 0 Å². The number of alkyl halides is 3.